The molecule has 0 bridgehead atoms. The lowest BCUT2D eigenvalue weighted by Gasteiger charge is -2.21. The van der Waals surface area contributed by atoms with Gasteiger partial charge in [0.1, 0.15) is 23.5 Å². The van der Waals surface area contributed by atoms with Crippen LogP contribution in [0.4, 0.5) is 13.2 Å². The normalized spacial score (nSPS) is 13.6. The van der Waals surface area contributed by atoms with Crippen LogP contribution in [0.1, 0.15) is 30.1 Å². The predicted molar refractivity (Wildman–Crippen MR) is 72.5 cm³/mol. The molecule has 2 N–H and O–H groups in total. The monoisotopic (exact) mass is 310 g/mol. The predicted octanol–water partition coefficient (Wildman–Crippen LogP) is 2.98. The van der Waals surface area contributed by atoms with Gasteiger partial charge in [-0.05, 0) is 36.2 Å². The molecular formula is C15H13F3N2O2. The van der Waals surface area contributed by atoms with Gasteiger partial charge < -0.3 is 5.11 Å². The van der Waals surface area contributed by atoms with Crippen molar-refractivity contribution in [1.82, 2.24) is 10.3 Å². The van der Waals surface area contributed by atoms with Gasteiger partial charge in [0.2, 0.25) is 0 Å². The number of benzene rings is 1. The topological polar surface area (TPSA) is 62.2 Å². The number of pyridine rings is 1. The maximum absolute atomic E-state index is 13.2. The second-order valence-electron chi connectivity index (χ2n) is 4.80. The molecule has 1 unspecified atom stereocenters. The largest absolute Gasteiger partial charge is 0.480 e. The van der Waals surface area contributed by atoms with Gasteiger partial charge in [-0.1, -0.05) is 0 Å². The van der Waals surface area contributed by atoms with Crippen molar-refractivity contribution in [3.8, 4) is 0 Å². The minimum absolute atomic E-state index is 0.0683. The lowest BCUT2D eigenvalue weighted by Crippen LogP contribution is -2.31. The molecule has 0 saturated heterocycles. The number of hydrogen-bond acceptors (Lipinski definition) is 3. The summed E-state index contributed by atoms with van der Waals surface area (Å²) >= 11 is 0. The van der Waals surface area contributed by atoms with Crippen molar-refractivity contribution in [2.24, 2.45) is 0 Å². The Balaban J connectivity index is 2.27. The van der Waals surface area contributed by atoms with Crippen LogP contribution in [0.15, 0.2) is 36.7 Å². The summed E-state index contributed by atoms with van der Waals surface area (Å²) in [4.78, 5) is 15.0. The fourth-order valence-electron chi connectivity index (χ4n) is 2.06. The van der Waals surface area contributed by atoms with Crippen molar-refractivity contribution < 1.29 is 23.1 Å². The summed E-state index contributed by atoms with van der Waals surface area (Å²) in [5, 5.41) is 12.0. The summed E-state index contributed by atoms with van der Waals surface area (Å²) < 4.78 is 39.6. The molecule has 1 aromatic heterocycles. The number of halogens is 3. The zero-order chi connectivity index (χ0) is 16.3. The third-order valence-electron chi connectivity index (χ3n) is 3.11. The van der Waals surface area contributed by atoms with Gasteiger partial charge in [-0.25, -0.2) is 13.2 Å². The van der Waals surface area contributed by atoms with Crippen LogP contribution in [0.25, 0.3) is 0 Å². The SMILES string of the molecule is C[C@H](NC(C(=O)O)c1cc(F)cc(F)c1)c1cncc(F)c1. The number of aromatic nitrogens is 1. The van der Waals surface area contributed by atoms with Crippen LogP contribution < -0.4 is 5.32 Å². The van der Waals surface area contributed by atoms with Gasteiger partial charge >= 0.3 is 5.97 Å². The molecule has 0 fully saturated rings. The zero-order valence-corrected chi connectivity index (χ0v) is 11.6. The standard InChI is InChI=1S/C15H13F3N2O2/c1-8(10-4-13(18)7-19-6-10)20-14(15(21)22)9-2-11(16)5-12(17)3-9/h2-8,14,20H,1H3,(H,21,22)/t8-,14?/m0/s1. The number of aliphatic carboxylic acids is 1. The Morgan fingerprint density at radius 1 is 1.05 bits per heavy atom. The van der Waals surface area contributed by atoms with E-state index in [4.69, 9.17) is 0 Å². The minimum atomic E-state index is -1.34. The summed E-state index contributed by atoms with van der Waals surface area (Å²) in [5.74, 6) is -3.61. The maximum atomic E-state index is 13.2. The highest BCUT2D eigenvalue weighted by Gasteiger charge is 2.23. The fourth-order valence-corrected chi connectivity index (χ4v) is 2.06. The van der Waals surface area contributed by atoms with Gasteiger partial charge in [-0.2, -0.15) is 0 Å². The second-order valence-corrected chi connectivity index (χ2v) is 4.80. The molecule has 4 nitrogen and oxygen atoms in total. The van der Waals surface area contributed by atoms with E-state index in [2.05, 4.69) is 10.3 Å². The van der Waals surface area contributed by atoms with E-state index in [0.29, 0.717) is 11.6 Å². The van der Waals surface area contributed by atoms with Gasteiger partial charge in [0.05, 0.1) is 6.20 Å². The van der Waals surface area contributed by atoms with Crippen LogP contribution >= 0.6 is 0 Å². The zero-order valence-electron chi connectivity index (χ0n) is 11.6. The highest BCUT2D eigenvalue weighted by molar-refractivity contribution is 5.75. The van der Waals surface area contributed by atoms with Crippen LogP contribution in [-0.4, -0.2) is 16.1 Å². The third-order valence-corrected chi connectivity index (χ3v) is 3.11. The van der Waals surface area contributed by atoms with E-state index in [1.807, 2.05) is 0 Å². The van der Waals surface area contributed by atoms with Crippen LogP contribution in [0, 0.1) is 17.5 Å². The third kappa shape index (κ3) is 3.82. The number of nitrogens with zero attached hydrogens (tertiary/aromatic N) is 1. The molecule has 0 spiro atoms. The van der Waals surface area contributed by atoms with Crippen molar-refractivity contribution in [3.63, 3.8) is 0 Å². The van der Waals surface area contributed by atoms with E-state index < -0.39 is 35.5 Å². The van der Waals surface area contributed by atoms with Gasteiger partial charge in [0.15, 0.2) is 0 Å². The van der Waals surface area contributed by atoms with Gasteiger partial charge in [0, 0.05) is 18.3 Å². The van der Waals surface area contributed by atoms with E-state index in [1.54, 1.807) is 6.92 Å². The molecule has 2 rings (SSSR count). The molecule has 0 aliphatic heterocycles. The van der Waals surface area contributed by atoms with Crippen LogP contribution in [0.3, 0.4) is 0 Å². The summed E-state index contributed by atoms with van der Waals surface area (Å²) in [6, 6.07) is 1.80. The Kier molecular flexibility index (Phi) is 4.77. The molecule has 0 saturated carbocycles. The first kappa shape index (κ1) is 16.0. The van der Waals surface area contributed by atoms with Crippen molar-refractivity contribution in [2.75, 3.05) is 0 Å². The molecule has 1 aromatic carbocycles. The summed E-state index contributed by atoms with van der Waals surface area (Å²) in [6.45, 7) is 1.60. The first-order chi connectivity index (χ1) is 10.4. The Hall–Kier alpha value is -2.41. The average Bonchev–Trinajstić information content (AvgIpc) is 2.43. The van der Waals surface area contributed by atoms with Crippen molar-refractivity contribution in [3.05, 3.63) is 65.2 Å². The van der Waals surface area contributed by atoms with Gasteiger partial charge in [-0.3, -0.25) is 15.1 Å². The molecule has 0 aliphatic carbocycles. The molecule has 0 amide bonds. The van der Waals surface area contributed by atoms with E-state index in [9.17, 15) is 23.1 Å². The lowest BCUT2D eigenvalue weighted by molar-refractivity contribution is -0.139. The molecule has 7 heteroatoms. The number of carboxylic acid groups (broad SMARTS) is 1. The summed E-state index contributed by atoms with van der Waals surface area (Å²) in [7, 11) is 0. The summed E-state index contributed by atoms with van der Waals surface area (Å²) in [6.07, 6.45) is 2.40. The number of carbonyl (C=O) groups is 1. The molecule has 2 aromatic rings. The molecular weight excluding hydrogens is 297 g/mol. The summed E-state index contributed by atoms with van der Waals surface area (Å²) in [5.41, 5.74) is 0.351. The second kappa shape index (κ2) is 6.57. The van der Waals surface area contributed by atoms with E-state index >= 15 is 0 Å². The van der Waals surface area contributed by atoms with Gasteiger partial charge in [-0.15, -0.1) is 0 Å². The van der Waals surface area contributed by atoms with Gasteiger partial charge in [0.25, 0.3) is 0 Å². The Morgan fingerprint density at radius 2 is 1.64 bits per heavy atom. The first-order valence-electron chi connectivity index (χ1n) is 6.42. The van der Waals surface area contributed by atoms with E-state index in [0.717, 1.165) is 18.3 Å². The highest BCUT2D eigenvalue weighted by Crippen LogP contribution is 2.21. The van der Waals surface area contributed by atoms with Crippen molar-refractivity contribution in [1.29, 1.82) is 0 Å². The van der Waals surface area contributed by atoms with Crippen molar-refractivity contribution >= 4 is 5.97 Å². The lowest BCUT2D eigenvalue weighted by atomic mass is 10.0. The molecule has 22 heavy (non-hydrogen) atoms. The molecule has 1 heterocycles. The fraction of sp³-hybridized carbons (Fsp3) is 0.200. The number of rotatable bonds is 5. The van der Waals surface area contributed by atoms with Crippen LogP contribution in [0.5, 0.6) is 0 Å². The number of nitrogens with one attached hydrogen (secondary N) is 1. The Morgan fingerprint density at radius 3 is 2.18 bits per heavy atom. The average molecular weight is 310 g/mol. The molecule has 0 aliphatic rings. The quantitative estimate of drug-likeness (QED) is 0.891. The van der Waals surface area contributed by atoms with Crippen LogP contribution in [0.2, 0.25) is 0 Å². The first-order valence-corrected chi connectivity index (χ1v) is 6.42. The number of carboxylic acids is 1. The van der Waals surface area contributed by atoms with E-state index in [1.165, 1.54) is 12.3 Å². The Bertz CT molecular complexity index is 674. The highest BCUT2D eigenvalue weighted by atomic mass is 19.1. The molecule has 116 valence electrons. The number of hydrogen-bond donors (Lipinski definition) is 2. The van der Waals surface area contributed by atoms with Crippen molar-refractivity contribution in [2.45, 2.75) is 19.0 Å². The smallest absolute Gasteiger partial charge is 0.325 e. The molecule has 0 radical (unpaired) electrons. The Labute approximate surface area is 124 Å². The molecule has 2 atom stereocenters. The van der Waals surface area contributed by atoms with Crippen LogP contribution in [-0.2, 0) is 4.79 Å². The van der Waals surface area contributed by atoms with E-state index in [-0.39, 0.29) is 5.56 Å². The maximum Gasteiger partial charge on any atom is 0.325 e. The minimum Gasteiger partial charge on any atom is -0.480 e.